The predicted molar refractivity (Wildman–Crippen MR) is 70.2 cm³/mol. The molecule has 1 saturated carbocycles. The molecule has 102 valence electrons. The number of hydrogen-bond acceptors (Lipinski definition) is 4. The van der Waals surface area contributed by atoms with Crippen molar-refractivity contribution < 1.29 is 9.47 Å². The summed E-state index contributed by atoms with van der Waals surface area (Å²) < 4.78 is 10.8. The van der Waals surface area contributed by atoms with Crippen LogP contribution in [0.25, 0.3) is 0 Å². The van der Waals surface area contributed by atoms with Crippen LogP contribution in [0.5, 0.6) is 0 Å². The van der Waals surface area contributed by atoms with Crippen LogP contribution in [-0.4, -0.2) is 56.0 Å². The predicted octanol–water partition coefficient (Wildman–Crippen LogP) is 1.24. The van der Waals surface area contributed by atoms with Gasteiger partial charge in [-0.05, 0) is 33.6 Å². The van der Waals surface area contributed by atoms with Gasteiger partial charge in [-0.3, -0.25) is 4.90 Å². The maximum absolute atomic E-state index is 6.00. The average molecular weight is 244 g/mol. The van der Waals surface area contributed by atoms with Gasteiger partial charge < -0.3 is 15.2 Å². The molecule has 0 bridgehead atoms. The highest BCUT2D eigenvalue weighted by Gasteiger charge is 2.48. The van der Waals surface area contributed by atoms with Crippen LogP contribution in [0.15, 0.2) is 0 Å². The minimum absolute atomic E-state index is 0.131. The molecule has 4 nitrogen and oxygen atoms in total. The van der Waals surface area contributed by atoms with Gasteiger partial charge in [-0.1, -0.05) is 0 Å². The molecular formula is C13H28N2O2. The molecule has 1 rings (SSSR count). The van der Waals surface area contributed by atoms with Crippen LogP contribution < -0.4 is 5.73 Å². The van der Waals surface area contributed by atoms with Crippen LogP contribution in [0.2, 0.25) is 0 Å². The molecule has 0 heterocycles. The lowest BCUT2D eigenvalue weighted by atomic mass is 9.72. The Labute approximate surface area is 105 Å². The van der Waals surface area contributed by atoms with E-state index in [1.807, 2.05) is 6.92 Å². The minimum atomic E-state index is 0.131. The Morgan fingerprint density at radius 2 is 2.06 bits per heavy atom. The van der Waals surface area contributed by atoms with E-state index in [0.717, 1.165) is 32.6 Å². The van der Waals surface area contributed by atoms with Crippen LogP contribution in [-0.2, 0) is 9.47 Å². The lowest BCUT2D eigenvalue weighted by molar-refractivity contribution is -0.113. The van der Waals surface area contributed by atoms with Crippen molar-refractivity contribution in [1.29, 1.82) is 0 Å². The van der Waals surface area contributed by atoms with Gasteiger partial charge in [0.15, 0.2) is 0 Å². The van der Waals surface area contributed by atoms with Crippen molar-refractivity contribution in [2.75, 3.05) is 33.4 Å². The Balaban J connectivity index is 2.57. The monoisotopic (exact) mass is 244 g/mol. The number of methoxy groups -OCH3 is 1. The first-order valence-electron chi connectivity index (χ1n) is 6.67. The fourth-order valence-corrected chi connectivity index (χ4v) is 2.89. The fourth-order valence-electron chi connectivity index (χ4n) is 2.89. The van der Waals surface area contributed by atoms with Gasteiger partial charge in [0.05, 0.1) is 12.7 Å². The molecule has 0 atom stereocenters. The molecule has 1 aliphatic carbocycles. The van der Waals surface area contributed by atoms with E-state index in [-0.39, 0.29) is 5.54 Å². The summed E-state index contributed by atoms with van der Waals surface area (Å²) in [5.41, 5.74) is 6.13. The first-order valence-corrected chi connectivity index (χ1v) is 6.67. The summed E-state index contributed by atoms with van der Waals surface area (Å²) in [6.45, 7) is 9.71. The molecule has 17 heavy (non-hydrogen) atoms. The van der Waals surface area contributed by atoms with Gasteiger partial charge in [-0.15, -0.1) is 0 Å². The van der Waals surface area contributed by atoms with Crippen molar-refractivity contribution in [1.82, 2.24) is 4.90 Å². The van der Waals surface area contributed by atoms with Gasteiger partial charge >= 0.3 is 0 Å². The second-order valence-electron chi connectivity index (χ2n) is 5.19. The zero-order valence-corrected chi connectivity index (χ0v) is 11.7. The molecule has 0 aromatic rings. The summed E-state index contributed by atoms with van der Waals surface area (Å²) >= 11 is 0. The van der Waals surface area contributed by atoms with Gasteiger partial charge in [0.2, 0.25) is 0 Å². The summed E-state index contributed by atoms with van der Waals surface area (Å²) in [6.07, 6.45) is 2.51. The number of nitrogens with two attached hydrogens (primary N) is 1. The zero-order chi connectivity index (χ0) is 12.9. The quantitative estimate of drug-likeness (QED) is 0.698. The molecule has 1 aliphatic rings. The van der Waals surface area contributed by atoms with E-state index in [2.05, 4.69) is 18.7 Å². The van der Waals surface area contributed by atoms with Gasteiger partial charge in [-0.2, -0.15) is 0 Å². The smallest absolute Gasteiger partial charge is 0.0611 e. The highest BCUT2D eigenvalue weighted by Crippen LogP contribution is 2.40. The third kappa shape index (κ3) is 3.41. The maximum Gasteiger partial charge on any atom is 0.0611 e. The highest BCUT2D eigenvalue weighted by molar-refractivity contribution is 5.05. The minimum Gasteiger partial charge on any atom is -0.383 e. The van der Waals surface area contributed by atoms with Crippen LogP contribution in [0, 0.1) is 0 Å². The molecule has 2 N–H and O–H groups in total. The SMILES string of the molecule is CCOC1CC(CN)(N(CCOC)C(C)C)C1. The Hall–Kier alpha value is -0.160. The Kier molecular flexibility index (Phi) is 5.86. The summed E-state index contributed by atoms with van der Waals surface area (Å²) in [5, 5.41) is 0. The largest absolute Gasteiger partial charge is 0.383 e. The van der Waals surface area contributed by atoms with Crippen molar-refractivity contribution in [3.05, 3.63) is 0 Å². The summed E-state index contributed by atoms with van der Waals surface area (Å²) in [6, 6.07) is 0.497. The molecule has 0 aliphatic heterocycles. The molecule has 0 amide bonds. The molecule has 0 radical (unpaired) electrons. The number of ether oxygens (including phenoxy) is 2. The van der Waals surface area contributed by atoms with E-state index in [1.54, 1.807) is 7.11 Å². The van der Waals surface area contributed by atoms with Crippen LogP contribution in [0.4, 0.5) is 0 Å². The molecular weight excluding hydrogens is 216 g/mol. The van der Waals surface area contributed by atoms with Gasteiger partial charge in [0, 0.05) is 38.4 Å². The van der Waals surface area contributed by atoms with E-state index in [4.69, 9.17) is 15.2 Å². The number of nitrogens with zero attached hydrogens (tertiary/aromatic N) is 1. The number of rotatable bonds is 8. The lowest BCUT2D eigenvalue weighted by Crippen LogP contribution is -2.66. The van der Waals surface area contributed by atoms with Gasteiger partial charge in [-0.25, -0.2) is 0 Å². The molecule has 4 heteroatoms. The van der Waals surface area contributed by atoms with Crippen LogP contribution in [0.1, 0.15) is 33.6 Å². The third-order valence-corrected chi connectivity index (χ3v) is 3.77. The second kappa shape index (κ2) is 6.69. The van der Waals surface area contributed by atoms with Crippen molar-refractivity contribution in [3.8, 4) is 0 Å². The van der Waals surface area contributed by atoms with Crippen molar-refractivity contribution in [2.24, 2.45) is 5.73 Å². The fraction of sp³-hybridized carbons (Fsp3) is 1.00. The van der Waals surface area contributed by atoms with Crippen molar-refractivity contribution in [2.45, 2.75) is 51.3 Å². The topological polar surface area (TPSA) is 47.7 Å². The Morgan fingerprint density at radius 1 is 1.41 bits per heavy atom. The molecule has 1 fully saturated rings. The normalized spacial score (nSPS) is 28.8. The molecule has 0 aromatic heterocycles. The Bertz CT molecular complexity index is 215. The standard InChI is InChI=1S/C13H28N2O2/c1-5-17-12-8-13(9-12,10-14)15(11(2)3)6-7-16-4/h11-12H,5-10,14H2,1-4H3. The summed E-state index contributed by atoms with van der Waals surface area (Å²) in [4.78, 5) is 2.48. The van der Waals surface area contributed by atoms with Gasteiger partial charge in [0.25, 0.3) is 0 Å². The number of hydrogen-bond donors (Lipinski definition) is 1. The Morgan fingerprint density at radius 3 is 2.47 bits per heavy atom. The first-order chi connectivity index (χ1) is 8.09. The van der Waals surface area contributed by atoms with E-state index >= 15 is 0 Å². The van der Waals surface area contributed by atoms with E-state index in [0.29, 0.717) is 18.7 Å². The average Bonchev–Trinajstić information content (AvgIpc) is 2.25. The first kappa shape index (κ1) is 14.9. The van der Waals surface area contributed by atoms with E-state index < -0.39 is 0 Å². The molecule has 0 spiro atoms. The lowest BCUT2D eigenvalue weighted by Gasteiger charge is -2.55. The highest BCUT2D eigenvalue weighted by atomic mass is 16.5. The van der Waals surface area contributed by atoms with Gasteiger partial charge in [0.1, 0.15) is 0 Å². The molecule has 0 aromatic carbocycles. The second-order valence-corrected chi connectivity index (χ2v) is 5.19. The molecule has 0 unspecified atom stereocenters. The zero-order valence-electron chi connectivity index (χ0n) is 11.7. The van der Waals surface area contributed by atoms with Crippen molar-refractivity contribution in [3.63, 3.8) is 0 Å². The summed E-state index contributed by atoms with van der Waals surface area (Å²) in [5.74, 6) is 0. The van der Waals surface area contributed by atoms with Crippen molar-refractivity contribution >= 4 is 0 Å². The molecule has 0 saturated heterocycles. The third-order valence-electron chi connectivity index (χ3n) is 3.77. The van der Waals surface area contributed by atoms with Crippen LogP contribution in [0.3, 0.4) is 0 Å². The van der Waals surface area contributed by atoms with E-state index in [1.165, 1.54) is 0 Å². The summed E-state index contributed by atoms with van der Waals surface area (Å²) in [7, 11) is 1.75. The maximum atomic E-state index is 6.00. The van der Waals surface area contributed by atoms with E-state index in [9.17, 15) is 0 Å². The van der Waals surface area contributed by atoms with Crippen LogP contribution >= 0.6 is 0 Å².